The van der Waals surface area contributed by atoms with E-state index >= 15 is 0 Å². The molecule has 0 spiro atoms. The van der Waals surface area contributed by atoms with Crippen molar-refractivity contribution in [3.05, 3.63) is 0 Å². The fourth-order valence-electron chi connectivity index (χ4n) is 1.46. The minimum absolute atomic E-state index is 0.424. The van der Waals surface area contributed by atoms with Gasteiger partial charge in [0.1, 0.15) is 0 Å². The van der Waals surface area contributed by atoms with Crippen LogP contribution in [0, 0.1) is 5.92 Å². The number of carbonyl (C=O) groups is 1. The Labute approximate surface area is 99.4 Å². The number of hydrogen-bond acceptors (Lipinski definition) is 3. The van der Waals surface area contributed by atoms with E-state index in [-0.39, 0.29) is 0 Å². The number of amides is 1. The molecule has 0 fully saturated rings. The second-order valence-corrected chi connectivity index (χ2v) is 4.94. The zero-order valence-electron chi connectivity index (χ0n) is 11.1. The van der Waals surface area contributed by atoms with E-state index in [2.05, 4.69) is 25.7 Å². The number of primary amides is 1. The topological polar surface area (TPSA) is 72.3 Å². The lowest BCUT2D eigenvalue weighted by molar-refractivity contribution is -0.122. The lowest BCUT2D eigenvalue weighted by Crippen LogP contribution is -2.51. The molecule has 0 aromatic heterocycles. The molecule has 96 valence electrons. The standard InChI is InChI=1S/C12H27N3O/c1-5-10(3)9-15(6-2)8-7-12(4,14)11(13)16/h10H,5-9,14H2,1-4H3,(H2,13,16). The first-order valence-corrected chi connectivity index (χ1v) is 6.14. The predicted octanol–water partition coefficient (Wildman–Crippen LogP) is 0.947. The number of hydrogen-bond donors (Lipinski definition) is 2. The van der Waals surface area contributed by atoms with E-state index in [1.807, 2.05) is 0 Å². The molecule has 0 saturated heterocycles. The maximum absolute atomic E-state index is 11.1. The van der Waals surface area contributed by atoms with Crippen molar-refractivity contribution in [2.45, 2.75) is 46.1 Å². The molecule has 0 bridgehead atoms. The zero-order valence-corrected chi connectivity index (χ0v) is 11.1. The van der Waals surface area contributed by atoms with Gasteiger partial charge in [-0.05, 0) is 25.8 Å². The Kier molecular flexibility index (Phi) is 6.60. The molecule has 4 N–H and O–H groups in total. The van der Waals surface area contributed by atoms with Crippen LogP contribution in [0.1, 0.15) is 40.5 Å². The third kappa shape index (κ3) is 5.47. The summed E-state index contributed by atoms with van der Waals surface area (Å²) in [6.07, 6.45) is 1.79. The van der Waals surface area contributed by atoms with E-state index in [1.54, 1.807) is 6.92 Å². The quantitative estimate of drug-likeness (QED) is 0.651. The van der Waals surface area contributed by atoms with Gasteiger partial charge in [-0.25, -0.2) is 0 Å². The van der Waals surface area contributed by atoms with Crippen LogP contribution in [-0.2, 0) is 4.79 Å². The Hall–Kier alpha value is -0.610. The predicted molar refractivity (Wildman–Crippen MR) is 68.0 cm³/mol. The van der Waals surface area contributed by atoms with Crippen molar-refractivity contribution in [3.8, 4) is 0 Å². The Bertz CT molecular complexity index is 216. The molecule has 4 heteroatoms. The normalized spacial score (nSPS) is 17.1. The van der Waals surface area contributed by atoms with Crippen molar-refractivity contribution in [2.75, 3.05) is 19.6 Å². The van der Waals surface area contributed by atoms with E-state index in [0.717, 1.165) is 19.6 Å². The lowest BCUT2D eigenvalue weighted by Gasteiger charge is -2.28. The average molecular weight is 229 g/mol. The highest BCUT2D eigenvalue weighted by atomic mass is 16.1. The highest BCUT2D eigenvalue weighted by Crippen LogP contribution is 2.09. The fourth-order valence-corrected chi connectivity index (χ4v) is 1.46. The van der Waals surface area contributed by atoms with Crippen molar-refractivity contribution in [1.29, 1.82) is 0 Å². The number of rotatable bonds is 8. The monoisotopic (exact) mass is 229 g/mol. The molecule has 2 atom stereocenters. The van der Waals surface area contributed by atoms with Crippen molar-refractivity contribution in [3.63, 3.8) is 0 Å². The molecule has 0 aliphatic rings. The molecule has 0 radical (unpaired) electrons. The smallest absolute Gasteiger partial charge is 0.237 e. The number of nitrogens with two attached hydrogens (primary N) is 2. The summed E-state index contributed by atoms with van der Waals surface area (Å²) in [5.41, 5.74) is 10.2. The SMILES string of the molecule is CCC(C)CN(CC)CCC(C)(N)C(N)=O. The van der Waals surface area contributed by atoms with Crippen LogP contribution in [0.3, 0.4) is 0 Å². The Morgan fingerprint density at radius 1 is 1.44 bits per heavy atom. The largest absolute Gasteiger partial charge is 0.368 e. The summed E-state index contributed by atoms with van der Waals surface area (Å²) in [7, 11) is 0. The zero-order chi connectivity index (χ0) is 12.8. The lowest BCUT2D eigenvalue weighted by atomic mass is 9.98. The Morgan fingerprint density at radius 3 is 2.38 bits per heavy atom. The van der Waals surface area contributed by atoms with Crippen LogP contribution in [0.25, 0.3) is 0 Å². The molecule has 0 aliphatic heterocycles. The van der Waals surface area contributed by atoms with Gasteiger partial charge in [-0.3, -0.25) is 4.79 Å². The van der Waals surface area contributed by atoms with Gasteiger partial charge < -0.3 is 16.4 Å². The van der Waals surface area contributed by atoms with Gasteiger partial charge in [0.05, 0.1) is 5.54 Å². The molecule has 0 rings (SSSR count). The molecule has 2 unspecified atom stereocenters. The maximum Gasteiger partial charge on any atom is 0.237 e. The van der Waals surface area contributed by atoms with Crippen molar-refractivity contribution < 1.29 is 4.79 Å². The molecule has 0 saturated carbocycles. The van der Waals surface area contributed by atoms with E-state index in [9.17, 15) is 4.79 Å². The molecule has 0 heterocycles. The summed E-state index contributed by atoms with van der Waals surface area (Å²) in [6.45, 7) is 11.1. The summed E-state index contributed by atoms with van der Waals surface area (Å²) < 4.78 is 0. The van der Waals surface area contributed by atoms with Gasteiger partial charge in [0.2, 0.25) is 5.91 Å². The van der Waals surface area contributed by atoms with E-state index < -0.39 is 11.4 Å². The van der Waals surface area contributed by atoms with Crippen molar-refractivity contribution in [2.24, 2.45) is 17.4 Å². The van der Waals surface area contributed by atoms with Crippen LogP contribution in [0.2, 0.25) is 0 Å². The molecule has 16 heavy (non-hydrogen) atoms. The van der Waals surface area contributed by atoms with Gasteiger partial charge >= 0.3 is 0 Å². The van der Waals surface area contributed by atoms with Gasteiger partial charge in [0.15, 0.2) is 0 Å². The minimum Gasteiger partial charge on any atom is -0.368 e. The summed E-state index contributed by atoms with van der Waals surface area (Å²) >= 11 is 0. The van der Waals surface area contributed by atoms with Gasteiger partial charge in [-0.2, -0.15) is 0 Å². The third-order valence-corrected chi connectivity index (χ3v) is 3.22. The fraction of sp³-hybridized carbons (Fsp3) is 0.917. The second kappa shape index (κ2) is 6.86. The van der Waals surface area contributed by atoms with Gasteiger partial charge in [0.25, 0.3) is 0 Å². The van der Waals surface area contributed by atoms with Crippen LogP contribution in [0.4, 0.5) is 0 Å². The van der Waals surface area contributed by atoms with E-state index in [4.69, 9.17) is 11.5 Å². The maximum atomic E-state index is 11.1. The summed E-state index contributed by atoms with van der Waals surface area (Å²) in [5.74, 6) is 0.254. The van der Waals surface area contributed by atoms with Crippen LogP contribution >= 0.6 is 0 Å². The van der Waals surface area contributed by atoms with Gasteiger partial charge in [-0.1, -0.05) is 27.2 Å². The first-order chi connectivity index (χ1) is 7.33. The third-order valence-electron chi connectivity index (χ3n) is 3.22. The first-order valence-electron chi connectivity index (χ1n) is 6.14. The molecule has 0 aromatic rings. The van der Waals surface area contributed by atoms with Gasteiger partial charge in [-0.15, -0.1) is 0 Å². The van der Waals surface area contributed by atoms with E-state index in [1.165, 1.54) is 6.42 Å². The van der Waals surface area contributed by atoms with Crippen LogP contribution in [0.15, 0.2) is 0 Å². The minimum atomic E-state index is -0.886. The second-order valence-electron chi connectivity index (χ2n) is 4.94. The molecule has 4 nitrogen and oxygen atoms in total. The first kappa shape index (κ1) is 15.4. The number of carbonyl (C=O) groups excluding carboxylic acids is 1. The van der Waals surface area contributed by atoms with Crippen molar-refractivity contribution >= 4 is 5.91 Å². The highest BCUT2D eigenvalue weighted by Gasteiger charge is 2.25. The molecular weight excluding hydrogens is 202 g/mol. The summed E-state index contributed by atoms with van der Waals surface area (Å²) in [5, 5.41) is 0. The summed E-state index contributed by atoms with van der Waals surface area (Å²) in [4.78, 5) is 13.4. The number of nitrogens with zero attached hydrogens (tertiary/aromatic N) is 1. The Balaban J connectivity index is 4.09. The van der Waals surface area contributed by atoms with Crippen LogP contribution in [0.5, 0.6) is 0 Å². The average Bonchev–Trinajstić information content (AvgIpc) is 2.23. The van der Waals surface area contributed by atoms with Crippen LogP contribution in [-0.4, -0.2) is 36.0 Å². The molecular formula is C12H27N3O. The Morgan fingerprint density at radius 2 is 2.00 bits per heavy atom. The molecule has 1 amide bonds. The van der Waals surface area contributed by atoms with Crippen LogP contribution < -0.4 is 11.5 Å². The van der Waals surface area contributed by atoms with E-state index in [0.29, 0.717) is 12.3 Å². The summed E-state index contributed by atoms with van der Waals surface area (Å²) in [6, 6.07) is 0. The van der Waals surface area contributed by atoms with Gasteiger partial charge in [0, 0.05) is 13.1 Å². The molecule has 0 aromatic carbocycles. The van der Waals surface area contributed by atoms with Crippen molar-refractivity contribution in [1.82, 2.24) is 4.90 Å². The highest BCUT2D eigenvalue weighted by molar-refractivity contribution is 5.83. The molecule has 0 aliphatic carbocycles.